The van der Waals surface area contributed by atoms with Crippen molar-refractivity contribution in [3.8, 4) is 11.4 Å². The summed E-state index contributed by atoms with van der Waals surface area (Å²) in [6.07, 6.45) is 3.88. The maximum Gasteiger partial charge on any atom is 0.309 e. The van der Waals surface area contributed by atoms with Crippen molar-refractivity contribution in [3.63, 3.8) is 0 Å². The number of aromatic amines is 1. The van der Waals surface area contributed by atoms with Gasteiger partial charge in [0.05, 0.1) is 13.5 Å². The van der Waals surface area contributed by atoms with E-state index in [4.69, 9.17) is 0 Å². The molecule has 0 saturated heterocycles. The van der Waals surface area contributed by atoms with Gasteiger partial charge in [-0.25, -0.2) is 0 Å². The molecular formula is C12H12N4O2. The van der Waals surface area contributed by atoms with Crippen LogP contribution in [0, 0.1) is 0 Å². The summed E-state index contributed by atoms with van der Waals surface area (Å²) < 4.78 is 4.54. The van der Waals surface area contributed by atoms with Crippen LogP contribution in [0.3, 0.4) is 0 Å². The molecule has 1 aromatic heterocycles. The number of tetrazole rings is 1. The Hall–Kier alpha value is -2.50. The van der Waals surface area contributed by atoms with Gasteiger partial charge in [-0.1, -0.05) is 36.4 Å². The molecule has 0 aliphatic carbocycles. The molecule has 0 spiro atoms. The standard InChI is InChI=1S/C12H12N4O2/c1-18-11(17)4-2-3-9-5-7-10(8-6-9)12-13-15-16-14-12/h2-3,5-8H,4H2,1H3,(H,13,14,15,16). The normalized spacial score (nSPS) is 10.7. The molecule has 0 amide bonds. The number of hydrogen-bond donors (Lipinski definition) is 1. The number of benzene rings is 1. The summed E-state index contributed by atoms with van der Waals surface area (Å²) in [5.74, 6) is 0.301. The average Bonchev–Trinajstić information content (AvgIpc) is 2.93. The van der Waals surface area contributed by atoms with Crippen LogP contribution in [-0.4, -0.2) is 33.7 Å². The summed E-state index contributed by atoms with van der Waals surface area (Å²) in [7, 11) is 1.37. The highest BCUT2D eigenvalue weighted by molar-refractivity contribution is 5.72. The Balaban J connectivity index is 2.02. The lowest BCUT2D eigenvalue weighted by Crippen LogP contribution is -1.96. The molecule has 0 atom stereocenters. The lowest BCUT2D eigenvalue weighted by molar-refractivity contribution is -0.139. The number of carbonyl (C=O) groups excluding carboxylic acids is 1. The van der Waals surface area contributed by atoms with E-state index in [0.29, 0.717) is 5.82 Å². The molecule has 0 aliphatic rings. The van der Waals surface area contributed by atoms with Crippen molar-refractivity contribution < 1.29 is 9.53 Å². The third kappa shape index (κ3) is 3.00. The largest absolute Gasteiger partial charge is 0.469 e. The zero-order valence-corrected chi connectivity index (χ0v) is 9.83. The molecule has 2 rings (SSSR count). The monoisotopic (exact) mass is 244 g/mol. The van der Waals surface area contributed by atoms with E-state index in [9.17, 15) is 4.79 Å². The molecule has 1 aromatic carbocycles. The predicted molar refractivity (Wildman–Crippen MR) is 65.3 cm³/mol. The zero-order valence-electron chi connectivity index (χ0n) is 9.83. The fourth-order valence-corrected chi connectivity index (χ4v) is 1.40. The summed E-state index contributed by atoms with van der Waals surface area (Å²) in [5.41, 5.74) is 1.88. The first kappa shape index (κ1) is 12.0. The van der Waals surface area contributed by atoms with E-state index in [1.807, 2.05) is 30.3 Å². The van der Waals surface area contributed by atoms with Gasteiger partial charge >= 0.3 is 5.97 Å². The summed E-state index contributed by atoms with van der Waals surface area (Å²) in [4.78, 5) is 10.9. The van der Waals surface area contributed by atoms with Crippen LogP contribution >= 0.6 is 0 Å². The van der Waals surface area contributed by atoms with Gasteiger partial charge in [0, 0.05) is 5.56 Å². The zero-order chi connectivity index (χ0) is 12.8. The van der Waals surface area contributed by atoms with Gasteiger partial charge in [-0.2, -0.15) is 5.21 Å². The molecule has 6 nitrogen and oxygen atoms in total. The van der Waals surface area contributed by atoms with E-state index in [1.165, 1.54) is 7.11 Å². The highest BCUT2D eigenvalue weighted by atomic mass is 16.5. The van der Waals surface area contributed by atoms with Gasteiger partial charge in [0.2, 0.25) is 5.82 Å². The Labute approximate surface area is 104 Å². The van der Waals surface area contributed by atoms with Crippen molar-refractivity contribution in [2.24, 2.45) is 0 Å². The third-order valence-corrected chi connectivity index (χ3v) is 2.34. The second-order valence-electron chi connectivity index (χ2n) is 3.54. The molecule has 0 aliphatic heterocycles. The van der Waals surface area contributed by atoms with E-state index in [-0.39, 0.29) is 12.4 Å². The van der Waals surface area contributed by atoms with Crippen LogP contribution < -0.4 is 0 Å². The van der Waals surface area contributed by atoms with Gasteiger partial charge in [-0.15, -0.1) is 10.2 Å². The van der Waals surface area contributed by atoms with E-state index in [2.05, 4.69) is 25.4 Å². The van der Waals surface area contributed by atoms with Crippen LogP contribution in [0.1, 0.15) is 12.0 Å². The second kappa shape index (κ2) is 5.72. The Morgan fingerprint density at radius 2 is 2.17 bits per heavy atom. The topological polar surface area (TPSA) is 80.8 Å². The highest BCUT2D eigenvalue weighted by Gasteiger charge is 2.01. The lowest BCUT2D eigenvalue weighted by atomic mass is 10.1. The number of rotatable bonds is 4. The van der Waals surface area contributed by atoms with Crippen molar-refractivity contribution >= 4 is 12.0 Å². The number of nitrogens with zero attached hydrogens (tertiary/aromatic N) is 3. The van der Waals surface area contributed by atoms with Gasteiger partial charge in [-0.05, 0) is 10.8 Å². The van der Waals surface area contributed by atoms with Crippen molar-refractivity contribution in [1.29, 1.82) is 0 Å². The molecule has 2 aromatic rings. The van der Waals surface area contributed by atoms with E-state index in [0.717, 1.165) is 11.1 Å². The molecule has 0 fully saturated rings. The van der Waals surface area contributed by atoms with Gasteiger partial charge < -0.3 is 4.74 Å². The molecule has 0 bridgehead atoms. The summed E-state index contributed by atoms with van der Waals surface area (Å²) in [6.45, 7) is 0. The number of carbonyl (C=O) groups is 1. The minimum absolute atomic E-state index is 0.255. The van der Waals surface area contributed by atoms with E-state index >= 15 is 0 Å². The van der Waals surface area contributed by atoms with Crippen molar-refractivity contribution in [2.75, 3.05) is 7.11 Å². The van der Waals surface area contributed by atoms with Crippen LogP contribution in [0.5, 0.6) is 0 Å². The number of nitrogens with one attached hydrogen (secondary N) is 1. The van der Waals surface area contributed by atoms with Crippen molar-refractivity contribution in [1.82, 2.24) is 20.6 Å². The number of ether oxygens (including phenoxy) is 1. The smallest absolute Gasteiger partial charge is 0.309 e. The third-order valence-electron chi connectivity index (χ3n) is 2.34. The number of H-pyrrole nitrogens is 1. The maximum atomic E-state index is 10.9. The summed E-state index contributed by atoms with van der Waals surface area (Å²) in [6, 6.07) is 7.62. The second-order valence-corrected chi connectivity index (χ2v) is 3.54. The first-order chi connectivity index (χ1) is 8.79. The minimum Gasteiger partial charge on any atom is -0.469 e. The number of hydrogen-bond acceptors (Lipinski definition) is 5. The molecule has 1 N–H and O–H groups in total. The van der Waals surface area contributed by atoms with Gasteiger partial charge in [-0.3, -0.25) is 4.79 Å². The van der Waals surface area contributed by atoms with Crippen molar-refractivity contribution in [2.45, 2.75) is 6.42 Å². The molecule has 0 saturated carbocycles. The minimum atomic E-state index is -0.255. The van der Waals surface area contributed by atoms with Crippen molar-refractivity contribution in [3.05, 3.63) is 35.9 Å². The van der Waals surface area contributed by atoms with Crippen LogP contribution in [-0.2, 0) is 9.53 Å². The Kier molecular flexibility index (Phi) is 3.80. The Bertz CT molecular complexity index is 532. The molecule has 18 heavy (non-hydrogen) atoms. The van der Waals surface area contributed by atoms with Crippen LogP contribution in [0.4, 0.5) is 0 Å². The van der Waals surface area contributed by atoms with Crippen LogP contribution in [0.15, 0.2) is 30.3 Å². The first-order valence-corrected chi connectivity index (χ1v) is 5.37. The Morgan fingerprint density at radius 1 is 1.39 bits per heavy atom. The first-order valence-electron chi connectivity index (χ1n) is 5.37. The highest BCUT2D eigenvalue weighted by Crippen LogP contribution is 2.14. The Morgan fingerprint density at radius 3 is 2.78 bits per heavy atom. The summed E-state index contributed by atoms with van der Waals surface area (Å²) in [5, 5.41) is 13.7. The van der Waals surface area contributed by atoms with E-state index < -0.39 is 0 Å². The number of aromatic nitrogens is 4. The molecule has 6 heteroatoms. The summed E-state index contributed by atoms with van der Waals surface area (Å²) >= 11 is 0. The number of esters is 1. The number of methoxy groups -OCH3 is 1. The van der Waals surface area contributed by atoms with Crippen LogP contribution in [0.2, 0.25) is 0 Å². The van der Waals surface area contributed by atoms with Gasteiger partial charge in [0.25, 0.3) is 0 Å². The fourth-order valence-electron chi connectivity index (χ4n) is 1.40. The van der Waals surface area contributed by atoms with E-state index in [1.54, 1.807) is 6.08 Å². The molecule has 1 heterocycles. The van der Waals surface area contributed by atoms with Gasteiger partial charge in [0.1, 0.15) is 0 Å². The quantitative estimate of drug-likeness (QED) is 0.823. The maximum absolute atomic E-state index is 10.9. The fraction of sp³-hybridized carbons (Fsp3) is 0.167. The predicted octanol–water partition coefficient (Wildman–Crippen LogP) is 1.44. The SMILES string of the molecule is COC(=O)CC=Cc1ccc(-c2nn[nH]n2)cc1. The van der Waals surface area contributed by atoms with Gasteiger partial charge in [0.15, 0.2) is 0 Å². The molecule has 0 unspecified atom stereocenters. The van der Waals surface area contributed by atoms with Crippen LogP contribution in [0.25, 0.3) is 17.5 Å². The average molecular weight is 244 g/mol. The molecule has 0 radical (unpaired) electrons. The lowest BCUT2D eigenvalue weighted by Gasteiger charge is -1.96. The molecule has 92 valence electrons. The molecular weight excluding hydrogens is 232 g/mol.